The molecule has 1 aromatic heterocycles. The summed E-state index contributed by atoms with van der Waals surface area (Å²) < 4.78 is 5.03. The van der Waals surface area contributed by atoms with Crippen LogP contribution in [0.4, 0.5) is 0 Å². The second-order valence-electron chi connectivity index (χ2n) is 3.00. The minimum atomic E-state index is 0.0135. The van der Waals surface area contributed by atoms with Crippen LogP contribution in [0.25, 0.3) is 11.5 Å². The third kappa shape index (κ3) is 2.34. The molecule has 78 valence electrons. The first-order valence-electron chi connectivity index (χ1n) is 4.49. The minimum Gasteiger partial charge on any atom is -0.396 e. The predicted molar refractivity (Wildman–Crippen MR) is 55.5 cm³/mol. The molecular formula is C10H9ClN2O2. The predicted octanol–water partition coefficient (Wildman–Crippen LogP) is 1.92. The number of halogens is 1. The number of hydrogen-bond acceptors (Lipinski definition) is 4. The highest BCUT2D eigenvalue weighted by molar-refractivity contribution is 6.30. The molecule has 0 fully saturated rings. The molecule has 1 N–H and O–H groups in total. The third-order valence-corrected chi connectivity index (χ3v) is 2.15. The number of rotatable bonds is 3. The number of aliphatic hydroxyl groups is 1. The zero-order chi connectivity index (χ0) is 10.7. The summed E-state index contributed by atoms with van der Waals surface area (Å²) in [5.41, 5.74) is 0.816. The lowest BCUT2D eigenvalue weighted by molar-refractivity contribution is 0.293. The molecule has 0 saturated carbocycles. The van der Waals surface area contributed by atoms with E-state index >= 15 is 0 Å². The molecule has 0 radical (unpaired) electrons. The number of aromatic nitrogens is 2. The molecular weight excluding hydrogens is 216 g/mol. The normalized spacial score (nSPS) is 10.5. The first-order chi connectivity index (χ1) is 7.29. The highest BCUT2D eigenvalue weighted by Gasteiger charge is 2.07. The Morgan fingerprint density at radius 1 is 1.27 bits per heavy atom. The summed E-state index contributed by atoms with van der Waals surface area (Å²) >= 11 is 5.75. The van der Waals surface area contributed by atoms with Crippen molar-refractivity contribution in [3.8, 4) is 11.5 Å². The molecule has 1 aromatic carbocycles. The number of benzene rings is 1. The summed E-state index contributed by atoms with van der Waals surface area (Å²) in [6, 6.07) is 7.12. The Labute approximate surface area is 91.5 Å². The van der Waals surface area contributed by atoms with E-state index in [1.165, 1.54) is 0 Å². The van der Waals surface area contributed by atoms with Gasteiger partial charge in [0.2, 0.25) is 0 Å². The molecule has 0 aliphatic rings. The van der Waals surface area contributed by atoms with Gasteiger partial charge in [-0.2, -0.15) is 4.98 Å². The Hall–Kier alpha value is -1.39. The summed E-state index contributed by atoms with van der Waals surface area (Å²) in [6.07, 6.45) is 0.400. The molecule has 0 spiro atoms. The summed E-state index contributed by atoms with van der Waals surface area (Å²) in [5.74, 6) is 0.942. The van der Waals surface area contributed by atoms with E-state index in [9.17, 15) is 0 Å². The van der Waals surface area contributed by atoms with Gasteiger partial charge in [-0.05, 0) is 24.3 Å². The topological polar surface area (TPSA) is 59.2 Å². The van der Waals surface area contributed by atoms with Gasteiger partial charge in [-0.3, -0.25) is 0 Å². The molecule has 0 unspecified atom stereocenters. The van der Waals surface area contributed by atoms with Crippen LogP contribution >= 0.6 is 11.6 Å². The van der Waals surface area contributed by atoms with Gasteiger partial charge in [-0.25, -0.2) is 0 Å². The molecule has 0 aliphatic carbocycles. The van der Waals surface area contributed by atoms with Gasteiger partial charge in [0, 0.05) is 17.0 Å². The van der Waals surface area contributed by atoms with E-state index < -0.39 is 0 Å². The Balaban J connectivity index is 2.25. The monoisotopic (exact) mass is 224 g/mol. The minimum absolute atomic E-state index is 0.0135. The van der Waals surface area contributed by atoms with Gasteiger partial charge >= 0.3 is 0 Å². The van der Waals surface area contributed by atoms with Crippen molar-refractivity contribution < 1.29 is 9.63 Å². The molecule has 0 atom stereocenters. The molecule has 2 aromatic rings. The first kappa shape index (κ1) is 10.1. The number of aliphatic hydroxyl groups excluding tert-OH is 1. The van der Waals surface area contributed by atoms with Gasteiger partial charge < -0.3 is 9.63 Å². The lowest BCUT2D eigenvalue weighted by Gasteiger charge is -1.92. The smallest absolute Gasteiger partial charge is 0.257 e. The molecule has 2 rings (SSSR count). The maximum absolute atomic E-state index is 8.70. The van der Waals surface area contributed by atoms with Crippen molar-refractivity contribution in [2.24, 2.45) is 0 Å². The Bertz CT molecular complexity index is 439. The fourth-order valence-corrected chi connectivity index (χ4v) is 1.29. The second kappa shape index (κ2) is 4.42. The highest BCUT2D eigenvalue weighted by atomic mass is 35.5. The largest absolute Gasteiger partial charge is 0.396 e. The van der Waals surface area contributed by atoms with Gasteiger partial charge in [0.25, 0.3) is 5.89 Å². The zero-order valence-corrected chi connectivity index (χ0v) is 8.61. The summed E-state index contributed by atoms with van der Waals surface area (Å²) in [4.78, 5) is 4.12. The van der Waals surface area contributed by atoms with Crippen LogP contribution in [0.5, 0.6) is 0 Å². The average Bonchev–Trinajstić information content (AvgIpc) is 2.68. The molecule has 4 nitrogen and oxygen atoms in total. The van der Waals surface area contributed by atoms with Crippen LogP contribution in [0.3, 0.4) is 0 Å². The lowest BCUT2D eigenvalue weighted by Crippen LogP contribution is -1.92. The van der Waals surface area contributed by atoms with E-state index in [1.54, 1.807) is 24.3 Å². The Morgan fingerprint density at radius 2 is 2.00 bits per heavy atom. The van der Waals surface area contributed by atoms with Crippen LogP contribution in [0, 0.1) is 0 Å². The van der Waals surface area contributed by atoms with E-state index in [-0.39, 0.29) is 6.61 Å². The quantitative estimate of drug-likeness (QED) is 0.866. The molecule has 15 heavy (non-hydrogen) atoms. The zero-order valence-electron chi connectivity index (χ0n) is 7.85. The standard InChI is InChI=1S/C10H9ClN2O2/c11-8-3-1-7(2-4-8)10-12-9(5-6-14)13-15-10/h1-4,14H,5-6H2. The number of hydrogen-bond donors (Lipinski definition) is 1. The van der Waals surface area contributed by atoms with E-state index in [2.05, 4.69) is 10.1 Å². The van der Waals surface area contributed by atoms with Crippen molar-refractivity contribution >= 4 is 11.6 Å². The maximum atomic E-state index is 8.70. The molecule has 1 heterocycles. The van der Waals surface area contributed by atoms with Crippen LogP contribution < -0.4 is 0 Å². The van der Waals surface area contributed by atoms with Crippen molar-refractivity contribution in [3.63, 3.8) is 0 Å². The van der Waals surface area contributed by atoms with Crippen molar-refractivity contribution in [2.45, 2.75) is 6.42 Å². The molecule has 0 aliphatic heterocycles. The second-order valence-corrected chi connectivity index (χ2v) is 3.43. The van der Waals surface area contributed by atoms with Gasteiger partial charge in [-0.15, -0.1) is 0 Å². The fourth-order valence-electron chi connectivity index (χ4n) is 1.17. The average molecular weight is 225 g/mol. The highest BCUT2D eigenvalue weighted by Crippen LogP contribution is 2.19. The maximum Gasteiger partial charge on any atom is 0.257 e. The van der Waals surface area contributed by atoms with Gasteiger partial charge in [0.05, 0.1) is 6.61 Å². The van der Waals surface area contributed by atoms with E-state index in [0.29, 0.717) is 23.2 Å². The molecule has 0 saturated heterocycles. The Morgan fingerprint density at radius 3 is 2.67 bits per heavy atom. The number of nitrogens with zero attached hydrogens (tertiary/aromatic N) is 2. The summed E-state index contributed by atoms with van der Waals surface area (Å²) in [7, 11) is 0. The van der Waals surface area contributed by atoms with Gasteiger partial charge in [0.1, 0.15) is 0 Å². The summed E-state index contributed by atoms with van der Waals surface area (Å²) in [5, 5.41) is 13.1. The molecule has 5 heteroatoms. The van der Waals surface area contributed by atoms with Crippen molar-refractivity contribution in [1.82, 2.24) is 10.1 Å². The van der Waals surface area contributed by atoms with E-state index in [1.807, 2.05) is 0 Å². The van der Waals surface area contributed by atoms with Gasteiger partial charge in [0.15, 0.2) is 5.82 Å². The molecule has 0 bridgehead atoms. The van der Waals surface area contributed by atoms with Crippen molar-refractivity contribution in [3.05, 3.63) is 35.1 Å². The Kier molecular flexibility index (Phi) is 2.99. The van der Waals surface area contributed by atoms with Crippen molar-refractivity contribution in [1.29, 1.82) is 0 Å². The van der Waals surface area contributed by atoms with Crippen LogP contribution in [0.1, 0.15) is 5.82 Å². The van der Waals surface area contributed by atoms with Crippen LogP contribution in [-0.4, -0.2) is 21.9 Å². The van der Waals surface area contributed by atoms with Crippen LogP contribution in [-0.2, 0) is 6.42 Å². The van der Waals surface area contributed by atoms with Crippen LogP contribution in [0.2, 0.25) is 5.02 Å². The summed E-state index contributed by atoms with van der Waals surface area (Å²) in [6.45, 7) is 0.0135. The first-order valence-corrected chi connectivity index (χ1v) is 4.87. The SMILES string of the molecule is OCCc1noc(-c2ccc(Cl)cc2)n1. The third-order valence-electron chi connectivity index (χ3n) is 1.89. The molecule has 0 amide bonds. The van der Waals surface area contributed by atoms with Gasteiger partial charge in [-0.1, -0.05) is 16.8 Å². The lowest BCUT2D eigenvalue weighted by atomic mass is 10.2. The van der Waals surface area contributed by atoms with Crippen molar-refractivity contribution in [2.75, 3.05) is 6.61 Å². The van der Waals surface area contributed by atoms with Crippen LogP contribution in [0.15, 0.2) is 28.8 Å². The fraction of sp³-hybridized carbons (Fsp3) is 0.200. The van der Waals surface area contributed by atoms with E-state index in [0.717, 1.165) is 5.56 Å². The van der Waals surface area contributed by atoms with E-state index in [4.69, 9.17) is 21.2 Å².